The van der Waals surface area contributed by atoms with Gasteiger partial charge in [-0.1, -0.05) is 15.9 Å². The summed E-state index contributed by atoms with van der Waals surface area (Å²) < 4.78 is 0. The van der Waals surface area contributed by atoms with Gasteiger partial charge in [0.1, 0.15) is 0 Å². The first-order chi connectivity index (χ1) is 5.75. The number of alkyl halides is 1. The van der Waals surface area contributed by atoms with Crippen molar-refractivity contribution in [2.75, 3.05) is 20.1 Å². The standard InChI is InChI=1S/C10H18BrN/c1-12-5-4-8-6-10(11)3-2-9(8)7-12/h8-10H,2-7H2,1H3/t8-,9+,10-/m0/s1. The minimum Gasteiger partial charge on any atom is -0.306 e. The van der Waals surface area contributed by atoms with E-state index >= 15 is 0 Å². The van der Waals surface area contributed by atoms with Gasteiger partial charge in [-0.2, -0.15) is 0 Å². The van der Waals surface area contributed by atoms with Crippen molar-refractivity contribution >= 4 is 15.9 Å². The van der Waals surface area contributed by atoms with Crippen LogP contribution < -0.4 is 0 Å². The van der Waals surface area contributed by atoms with Crippen molar-refractivity contribution in [2.45, 2.75) is 30.5 Å². The molecule has 0 aromatic heterocycles. The fourth-order valence-electron chi connectivity index (χ4n) is 2.74. The Morgan fingerprint density at radius 3 is 2.83 bits per heavy atom. The van der Waals surface area contributed by atoms with E-state index in [0.717, 1.165) is 16.7 Å². The van der Waals surface area contributed by atoms with Crippen molar-refractivity contribution in [3.8, 4) is 0 Å². The number of piperidine rings is 1. The summed E-state index contributed by atoms with van der Waals surface area (Å²) in [5.41, 5.74) is 0. The molecule has 2 heteroatoms. The maximum atomic E-state index is 3.75. The highest BCUT2D eigenvalue weighted by atomic mass is 79.9. The van der Waals surface area contributed by atoms with Crippen molar-refractivity contribution in [2.24, 2.45) is 11.8 Å². The number of nitrogens with zero attached hydrogens (tertiary/aromatic N) is 1. The molecule has 0 unspecified atom stereocenters. The summed E-state index contributed by atoms with van der Waals surface area (Å²) >= 11 is 3.75. The highest BCUT2D eigenvalue weighted by Gasteiger charge is 2.32. The lowest BCUT2D eigenvalue weighted by molar-refractivity contribution is 0.108. The molecule has 3 atom stereocenters. The highest BCUT2D eigenvalue weighted by molar-refractivity contribution is 9.09. The number of likely N-dealkylation sites (tertiary alicyclic amines) is 1. The SMILES string of the molecule is CN1CC[C@H]2C[C@@H](Br)CC[C@@H]2C1. The minimum atomic E-state index is 0.821. The molecule has 0 aromatic carbocycles. The van der Waals surface area contributed by atoms with Crippen molar-refractivity contribution in [3.05, 3.63) is 0 Å². The smallest absolute Gasteiger partial charge is 0.0148 e. The fourth-order valence-corrected chi connectivity index (χ4v) is 3.49. The third-order valence-corrected chi connectivity index (χ3v) is 4.34. The summed E-state index contributed by atoms with van der Waals surface area (Å²) in [4.78, 5) is 3.32. The third kappa shape index (κ3) is 1.85. The van der Waals surface area contributed by atoms with Crippen LogP contribution in [-0.2, 0) is 0 Å². The van der Waals surface area contributed by atoms with Crippen LogP contribution in [0.3, 0.4) is 0 Å². The van der Waals surface area contributed by atoms with Crippen LogP contribution in [0.2, 0.25) is 0 Å². The first-order valence-electron chi connectivity index (χ1n) is 5.08. The van der Waals surface area contributed by atoms with Gasteiger partial charge < -0.3 is 4.90 Å². The average molecular weight is 232 g/mol. The van der Waals surface area contributed by atoms with Gasteiger partial charge in [0.05, 0.1) is 0 Å². The maximum absolute atomic E-state index is 3.75. The molecule has 2 fully saturated rings. The van der Waals surface area contributed by atoms with Gasteiger partial charge in [-0.25, -0.2) is 0 Å². The summed E-state index contributed by atoms with van der Waals surface area (Å²) in [5, 5.41) is 0. The Labute approximate surface area is 83.6 Å². The van der Waals surface area contributed by atoms with Gasteiger partial charge in [0.2, 0.25) is 0 Å². The summed E-state index contributed by atoms with van der Waals surface area (Å²) in [6.07, 6.45) is 5.71. The van der Waals surface area contributed by atoms with Gasteiger partial charge in [0.25, 0.3) is 0 Å². The topological polar surface area (TPSA) is 3.24 Å². The molecule has 2 rings (SSSR count). The van der Waals surface area contributed by atoms with Crippen LogP contribution in [0.5, 0.6) is 0 Å². The van der Waals surface area contributed by atoms with E-state index < -0.39 is 0 Å². The van der Waals surface area contributed by atoms with Gasteiger partial charge in [-0.05, 0) is 51.1 Å². The third-order valence-electron chi connectivity index (χ3n) is 3.50. The van der Waals surface area contributed by atoms with Crippen LogP contribution >= 0.6 is 15.9 Å². The quantitative estimate of drug-likeness (QED) is 0.580. The Bertz CT molecular complexity index is 142. The molecule has 0 N–H and O–H groups in total. The van der Waals surface area contributed by atoms with Gasteiger partial charge >= 0.3 is 0 Å². The summed E-state index contributed by atoms with van der Waals surface area (Å²) in [6, 6.07) is 0. The summed E-state index contributed by atoms with van der Waals surface area (Å²) in [6.45, 7) is 2.67. The van der Waals surface area contributed by atoms with Gasteiger partial charge in [-0.15, -0.1) is 0 Å². The van der Waals surface area contributed by atoms with E-state index in [1.807, 2.05) is 0 Å². The van der Waals surface area contributed by atoms with Crippen LogP contribution in [-0.4, -0.2) is 29.9 Å². The minimum absolute atomic E-state index is 0.821. The van der Waals surface area contributed by atoms with E-state index in [9.17, 15) is 0 Å². The Morgan fingerprint density at radius 2 is 2.00 bits per heavy atom. The summed E-state index contributed by atoms with van der Waals surface area (Å²) in [7, 11) is 2.26. The molecule has 1 nitrogen and oxygen atoms in total. The lowest BCUT2D eigenvalue weighted by Gasteiger charge is -2.41. The highest BCUT2D eigenvalue weighted by Crippen LogP contribution is 2.38. The molecule has 1 aliphatic carbocycles. The van der Waals surface area contributed by atoms with Crippen LogP contribution in [0.1, 0.15) is 25.7 Å². The van der Waals surface area contributed by atoms with Crippen molar-refractivity contribution in [1.29, 1.82) is 0 Å². The molecule has 0 amide bonds. The zero-order chi connectivity index (χ0) is 8.55. The van der Waals surface area contributed by atoms with E-state index in [1.54, 1.807) is 0 Å². The number of hydrogen-bond donors (Lipinski definition) is 0. The molecule has 1 aliphatic heterocycles. The Balaban J connectivity index is 1.94. The molecule has 1 saturated carbocycles. The van der Waals surface area contributed by atoms with Crippen LogP contribution in [0, 0.1) is 11.8 Å². The van der Waals surface area contributed by atoms with Gasteiger partial charge in [0.15, 0.2) is 0 Å². The van der Waals surface area contributed by atoms with Crippen LogP contribution in [0.4, 0.5) is 0 Å². The zero-order valence-corrected chi connectivity index (χ0v) is 9.39. The largest absolute Gasteiger partial charge is 0.306 e. The Kier molecular flexibility index (Phi) is 2.75. The zero-order valence-electron chi connectivity index (χ0n) is 7.80. The molecule has 1 saturated heterocycles. The Hall–Kier alpha value is 0.440. The number of fused-ring (bicyclic) bond motifs is 1. The molecule has 0 spiro atoms. The van der Waals surface area contributed by atoms with Gasteiger partial charge in [0, 0.05) is 11.4 Å². The maximum Gasteiger partial charge on any atom is 0.0148 e. The van der Waals surface area contributed by atoms with Crippen molar-refractivity contribution < 1.29 is 0 Å². The Morgan fingerprint density at radius 1 is 1.17 bits per heavy atom. The second-order valence-electron chi connectivity index (χ2n) is 4.48. The second-order valence-corrected chi connectivity index (χ2v) is 5.78. The lowest BCUT2D eigenvalue weighted by atomic mass is 9.75. The first-order valence-corrected chi connectivity index (χ1v) is 6.00. The van der Waals surface area contributed by atoms with E-state index in [2.05, 4.69) is 27.9 Å². The normalized spacial score (nSPS) is 44.0. The molecular weight excluding hydrogens is 214 g/mol. The fraction of sp³-hybridized carbons (Fsp3) is 1.00. The predicted octanol–water partition coefficient (Wildman–Crippen LogP) is 2.50. The predicted molar refractivity (Wildman–Crippen MR) is 55.7 cm³/mol. The molecule has 0 radical (unpaired) electrons. The van der Waals surface area contributed by atoms with E-state index in [-0.39, 0.29) is 0 Å². The monoisotopic (exact) mass is 231 g/mol. The van der Waals surface area contributed by atoms with E-state index in [1.165, 1.54) is 38.8 Å². The molecule has 70 valence electrons. The van der Waals surface area contributed by atoms with Crippen molar-refractivity contribution in [1.82, 2.24) is 4.90 Å². The number of halogens is 1. The number of rotatable bonds is 0. The van der Waals surface area contributed by atoms with Crippen LogP contribution in [0.15, 0.2) is 0 Å². The van der Waals surface area contributed by atoms with Crippen LogP contribution in [0.25, 0.3) is 0 Å². The lowest BCUT2D eigenvalue weighted by Crippen LogP contribution is -2.41. The summed E-state index contributed by atoms with van der Waals surface area (Å²) in [5.74, 6) is 2.04. The van der Waals surface area contributed by atoms with Gasteiger partial charge in [-0.3, -0.25) is 0 Å². The van der Waals surface area contributed by atoms with E-state index in [0.29, 0.717) is 0 Å². The number of hydrogen-bond acceptors (Lipinski definition) is 1. The second kappa shape index (κ2) is 3.67. The average Bonchev–Trinajstić information content (AvgIpc) is 2.05. The van der Waals surface area contributed by atoms with Crippen molar-refractivity contribution in [3.63, 3.8) is 0 Å². The first kappa shape index (κ1) is 9.01. The molecule has 0 aromatic rings. The molecular formula is C10H18BrN. The molecule has 1 heterocycles. The molecule has 12 heavy (non-hydrogen) atoms. The van der Waals surface area contributed by atoms with E-state index in [4.69, 9.17) is 0 Å². The molecule has 0 bridgehead atoms. The molecule has 2 aliphatic rings.